The second-order valence-corrected chi connectivity index (χ2v) is 6.98. The minimum Gasteiger partial charge on any atom is -0.497 e. The minimum absolute atomic E-state index is 0.0217. The highest BCUT2D eigenvalue weighted by Crippen LogP contribution is 2.31. The molecule has 3 rings (SSSR count). The maximum atomic E-state index is 12.9. The third kappa shape index (κ3) is 3.31. The van der Waals surface area contributed by atoms with Gasteiger partial charge in [-0.3, -0.25) is 4.72 Å². The quantitative estimate of drug-likeness (QED) is 0.699. The van der Waals surface area contributed by atoms with E-state index in [1.165, 1.54) is 37.4 Å². The molecule has 0 radical (unpaired) electrons. The molecule has 0 saturated heterocycles. The van der Waals surface area contributed by atoms with Crippen molar-refractivity contribution in [3.63, 3.8) is 0 Å². The number of anilines is 1. The number of hydrogen-bond acceptors (Lipinski definition) is 7. The molecule has 0 saturated carbocycles. The number of nitrogens with one attached hydrogen (secondary N) is 1. The summed E-state index contributed by atoms with van der Waals surface area (Å²) in [5.74, 6) is 0.623. The first kappa shape index (κ1) is 17.7. The summed E-state index contributed by atoms with van der Waals surface area (Å²) in [5.41, 5.74) is 1.74. The molecule has 2 aromatic carbocycles. The van der Waals surface area contributed by atoms with E-state index in [2.05, 4.69) is 20.2 Å². The maximum Gasteiger partial charge on any atom is 0.265 e. The Morgan fingerprint density at radius 1 is 1.12 bits per heavy atom. The molecule has 0 unspecified atom stereocenters. The molecule has 0 bridgehead atoms. The Hall–Kier alpha value is -3.14. The molecule has 0 amide bonds. The number of methoxy groups -OCH3 is 2. The van der Waals surface area contributed by atoms with Crippen LogP contribution in [0, 0.1) is 6.92 Å². The first-order chi connectivity index (χ1) is 12.5. The molecule has 10 heteroatoms. The molecule has 26 heavy (non-hydrogen) atoms. The fourth-order valence-electron chi connectivity index (χ4n) is 2.45. The molecule has 1 N–H and O–H groups in total. The van der Waals surface area contributed by atoms with Crippen LogP contribution < -0.4 is 14.2 Å². The molecule has 0 spiro atoms. The van der Waals surface area contributed by atoms with Gasteiger partial charge in [0.1, 0.15) is 22.7 Å². The highest BCUT2D eigenvalue weighted by atomic mass is 32.2. The molecular formula is C16H17N5O4S. The second-order valence-electron chi connectivity index (χ2n) is 5.33. The number of sulfonamides is 1. The summed E-state index contributed by atoms with van der Waals surface area (Å²) in [6.07, 6.45) is 1.44. The Balaban J connectivity index is 2.03. The van der Waals surface area contributed by atoms with Gasteiger partial charge >= 0.3 is 0 Å². The Kier molecular flexibility index (Phi) is 4.76. The smallest absolute Gasteiger partial charge is 0.265 e. The van der Waals surface area contributed by atoms with Crippen LogP contribution in [0.15, 0.2) is 47.6 Å². The van der Waals surface area contributed by atoms with Crippen molar-refractivity contribution >= 4 is 15.7 Å². The summed E-state index contributed by atoms with van der Waals surface area (Å²) >= 11 is 0. The number of benzene rings is 2. The van der Waals surface area contributed by atoms with Crippen LogP contribution in [-0.4, -0.2) is 42.8 Å². The van der Waals surface area contributed by atoms with Gasteiger partial charge in [0.2, 0.25) is 0 Å². The summed E-state index contributed by atoms with van der Waals surface area (Å²) in [6.45, 7) is 1.78. The zero-order valence-electron chi connectivity index (χ0n) is 14.4. The highest BCUT2D eigenvalue weighted by Gasteiger charge is 2.22. The van der Waals surface area contributed by atoms with Gasteiger partial charge in [0.05, 0.1) is 25.6 Å². The van der Waals surface area contributed by atoms with E-state index in [0.29, 0.717) is 22.7 Å². The summed E-state index contributed by atoms with van der Waals surface area (Å²) < 4.78 is 40.1. The van der Waals surface area contributed by atoms with Gasteiger partial charge in [0.15, 0.2) is 0 Å². The predicted octanol–water partition coefficient (Wildman–Crippen LogP) is 1.79. The van der Waals surface area contributed by atoms with Gasteiger partial charge < -0.3 is 9.47 Å². The van der Waals surface area contributed by atoms with E-state index in [1.54, 1.807) is 31.2 Å². The largest absolute Gasteiger partial charge is 0.497 e. The Morgan fingerprint density at radius 3 is 2.58 bits per heavy atom. The average molecular weight is 375 g/mol. The van der Waals surface area contributed by atoms with Crippen molar-refractivity contribution in [2.75, 3.05) is 18.9 Å². The standard InChI is InChI=1S/C16H17N5O4S/c1-11-13(5-4-6-14(11)21-10-17-19-20-21)18-26(22,23)16-9-12(24-2)7-8-15(16)25-3/h4-10,18H,1-3H3. The van der Waals surface area contributed by atoms with Crippen LogP contribution >= 0.6 is 0 Å². The molecule has 0 aliphatic heterocycles. The van der Waals surface area contributed by atoms with Crippen molar-refractivity contribution in [1.82, 2.24) is 20.2 Å². The molecule has 1 heterocycles. The maximum absolute atomic E-state index is 12.9. The Morgan fingerprint density at radius 2 is 1.92 bits per heavy atom. The van der Waals surface area contributed by atoms with Gasteiger partial charge in [-0.05, 0) is 47.2 Å². The van der Waals surface area contributed by atoms with Crippen LogP contribution in [0.2, 0.25) is 0 Å². The molecule has 0 fully saturated rings. The van der Waals surface area contributed by atoms with E-state index in [0.717, 1.165) is 0 Å². The zero-order valence-corrected chi connectivity index (χ0v) is 15.2. The first-order valence-corrected chi connectivity index (χ1v) is 9.02. The molecule has 9 nitrogen and oxygen atoms in total. The van der Waals surface area contributed by atoms with Crippen LogP contribution in [0.3, 0.4) is 0 Å². The fourth-order valence-corrected chi connectivity index (χ4v) is 3.76. The van der Waals surface area contributed by atoms with Crippen molar-refractivity contribution in [3.8, 4) is 17.2 Å². The topological polar surface area (TPSA) is 108 Å². The van der Waals surface area contributed by atoms with Crippen molar-refractivity contribution in [3.05, 3.63) is 48.3 Å². The van der Waals surface area contributed by atoms with Crippen molar-refractivity contribution in [2.45, 2.75) is 11.8 Å². The fraction of sp³-hybridized carbons (Fsp3) is 0.188. The van der Waals surface area contributed by atoms with E-state index in [9.17, 15) is 8.42 Å². The van der Waals surface area contributed by atoms with Gasteiger partial charge in [0, 0.05) is 6.07 Å². The number of tetrazole rings is 1. The third-order valence-corrected chi connectivity index (χ3v) is 5.19. The predicted molar refractivity (Wildman–Crippen MR) is 94.2 cm³/mol. The summed E-state index contributed by atoms with van der Waals surface area (Å²) in [5, 5.41) is 11.0. The van der Waals surface area contributed by atoms with Crippen LogP contribution in [0.4, 0.5) is 5.69 Å². The lowest BCUT2D eigenvalue weighted by atomic mass is 10.1. The van der Waals surface area contributed by atoms with E-state index < -0.39 is 10.0 Å². The monoisotopic (exact) mass is 375 g/mol. The minimum atomic E-state index is -3.91. The van der Waals surface area contributed by atoms with Crippen LogP contribution in [0.1, 0.15) is 5.56 Å². The number of nitrogens with zero attached hydrogens (tertiary/aromatic N) is 4. The SMILES string of the molecule is COc1ccc(OC)c(S(=O)(=O)Nc2cccc(-n3cnnn3)c2C)c1. The van der Waals surface area contributed by atoms with E-state index in [1.807, 2.05) is 0 Å². The number of aromatic nitrogens is 4. The molecule has 0 aliphatic rings. The zero-order chi connectivity index (χ0) is 18.7. The van der Waals surface area contributed by atoms with Crippen LogP contribution in [0.5, 0.6) is 11.5 Å². The Labute approximate surface area is 150 Å². The second kappa shape index (κ2) is 7.00. The van der Waals surface area contributed by atoms with Crippen molar-refractivity contribution in [2.24, 2.45) is 0 Å². The molecule has 1 aromatic heterocycles. The molecule has 0 aliphatic carbocycles. The van der Waals surface area contributed by atoms with Crippen molar-refractivity contribution in [1.29, 1.82) is 0 Å². The van der Waals surface area contributed by atoms with Gasteiger partial charge in [-0.25, -0.2) is 13.1 Å². The number of hydrogen-bond donors (Lipinski definition) is 1. The summed E-state index contributed by atoms with van der Waals surface area (Å²) in [4.78, 5) is -0.0217. The summed E-state index contributed by atoms with van der Waals surface area (Å²) in [6, 6.07) is 9.73. The van der Waals surface area contributed by atoms with Gasteiger partial charge in [-0.2, -0.15) is 0 Å². The highest BCUT2D eigenvalue weighted by molar-refractivity contribution is 7.92. The molecule has 136 valence electrons. The van der Waals surface area contributed by atoms with Gasteiger partial charge in [-0.1, -0.05) is 6.07 Å². The van der Waals surface area contributed by atoms with E-state index >= 15 is 0 Å². The van der Waals surface area contributed by atoms with Crippen molar-refractivity contribution < 1.29 is 17.9 Å². The van der Waals surface area contributed by atoms with Gasteiger partial charge in [0.25, 0.3) is 10.0 Å². The normalized spacial score (nSPS) is 11.2. The first-order valence-electron chi connectivity index (χ1n) is 7.54. The lowest BCUT2D eigenvalue weighted by Crippen LogP contribution is -2.15. The van der Waals surface area contributed by atoms with E-state index in [-0.39, 0.29) is 10.6 Å². The average Bonchev–Trinajstić information content (AvgIpc) is 3.17. The molecule has 0 atom stereocenters. The van der Waals surface area contributed by atoms with Gasteiger partial charge in [-0.15, -0.1) is 5.10 Å². The molecular weight excluding hydrogens is 358 g/mol. The lowest BCUT2D eigenvalue weighted by Gasteiger charge is -2.15. The lowest BCUT2D eigenvalue weighted by molar-refractivity contribution is 0.392. The number of ether oxygens (including phenoxy) is 2. The number of rotatable bonds is 6. The van der Waals surface area contributed by atoms with Crippen LogP contribution in [-0.2, 0) is 10.0 Å². The van der Waals surface area contributed by atoms with Crippen LogP contribution in [0.25, 0.3) is 5.69 Å². The summed E-state index contributed by atoms with van der Waals surface area (Å²) in [7, 11) is -1.04. The molecule has 3 aromatic rings. The van der Waals surface area contributed by atoms with E-state index in [4.69, 9.17) is 9.47 Å². The Bertz CT molecular complexity index is 1020. The third-order valence-electron chi connectivity index (χ3n) is 3.81.